The van der Waals surface area contributed by atoms with E-state index in [1.54, 1.807) is 0 Å². The van der Waals surface area contributed by atoms with Gasteiger partial charge in [-0.1, -0.05) is 48.5 Å². The number of benzene rings is 2. The van der Waals surface area contributed by atoms with Crippen LogP contribution in [0.4, 0.5) is 0 Å². The summed E-state index contributed by atoms with van der Waals surface area (Å²) in [5.41, 5.74) is 0.950. The minimum Gasteiger partial charge on any atom is -1.00 e. The van der Waals surface area contributed by atoms with Crippen LogP contribution in [0, 0.1) is 0 Å². The van der Waals surface area contributed by atoms with Gasteiger partial charge in [0.15, 0.2) is 0 Å². The second kappa shape index (κ2) is 14.8. The molecule has 2 unspecified atom stereocenters. The van der Waals surface area contributed by atoms with Crippen molar-refractivity contribution in [2.45, 2.75) is 12.2 Å². The summed E-state index contributed by atoms with van der Waals surface area (Å²) >= 11 is 0. The maximum Gasteiger partial charge on any atom is 0.137 e. The molecule has 146 valence electrons. The van der Waals surface area contributed by atoms with Gasteiger partial charge in [-0.05, 0) is 17.7 Å². The van der Waals surface area contributed by atoms with Crippen molar-refractivity contribution < 1.29 is 50.4 Å². The fourth-order valence-electron chi connectivity index (χ4n) is 2.41. The Balaban J connectivity index is 0.00000312. The lowest BCUT2D eigenvalue weighted by Crippen LogP contribution is -3.00. The summed E-state index contributed by atoms with van der Waals surface area (Å²) in [5.74, 6) is 0.778. The number of quaternary nitrogens is 2. The van der Waals surface area contributed by atoms with E-state index < -0.39 is 12.2 Å². The molecule has 0 saturated heterocycles. The van der Waals surface area contributed by atoms with Crippen LogP contribution in [-0.4, -0.2) is 49.1 Å². The molecule has 0 aliphatic rings. The molecule has 2 rings (SSSR count). The van der Waals surface area contributed by atoms with Crippen molar-refractivity contribution in [1.29, 1.82) is 0 Å². The van der Waals surface area contributed by atoms with Gasteiger partial charge in [0.25, 0.3) is 0 Å². The summed E-state index contributed by atoms with van der Waals surface area (Å²) in [7, 11) is 0. The molecular weight excluding hydrogens is 375 g/mol. The van der Waals surface area contributed by atoms with Gasteiger partial charge in [-0.3, -0.25) is 0 Å². The predicted molar refractivity (Wildman–Crippen MR) is 92.7 cm³/mol. The first-order valence-electron chi connectivity index (χ1n) is 8.48. The highest BCUT2D eigenvalue weighted by Gasteiger charge is 2.10. The van der Waals surface area contributed by atoms with E-state index in [1.807, 2.05) is 60.7 Å². The summed E-state index contributed by atoms with van der Waals surface area (Å²) in [6.07, 6.45) is -0.920. The first-order chi connectivity index (χ1) is 11.8. The summed E-state index contributed by atoms with van der Waals surface area (Å²) in [6.45, 7) is 3.36. The van der Waals surface area contributed by atoms with Gasteiger partial charge < -0.3 is 50.4 Å². The highest BCUT2D eigenvalue weighted by Crippen LogP contribution is 2.09. The molecule has 0 aromatic heterocycles. The van der Waals surface area contributed by atoms with Gasteiger partial charge in [-0.25, -0.2) is 0 Å². The van der Waals surface area contributed by atoms with E-state index in [4.69, 9.17) is 4.74 Å². The molecule has 0 fully saturated rings. The van der Waals surface area contributed by atoms with E-state index in [2.05, 4.69) is 10.6 Å². The first-order valence-corrected chi connectivity index (χ1v) is 8.48. The normalized spacial score (nSPS) is 12.4. The van der Waals surface area contributed by atoms with Crippen LogP contribution in [0.3, 0.4) is 0 Å². The van der Waals surface area contributed by atoms with E-state index in [0.717, 1.165) is 24.4 Å². The number of halogens is 2. The van der Waals surface area contributed by atoms with E-state index in [0.29, 0.717) is 19.7 Å². The number of nitrogens with two attached hydrogens (primary N) is 2. The summed E-state index contributed by atoms with van der Waals surface area (Å²) < 4.78 is 5.52. The van der Waals surface area contributed by atoms with Crippen LogP contribution in [0.1, 0.15) is 11.7 Å². The maximum atomic E-state index is 10.0. The molecule has 2 atom stereocenters. The van der Waals surface area contributed by atoms with E-state index in [9.17, 15) is 10.2 Å². The van der Waals surface area contributed by atoms with Crippen molar-refractivity contribution in [2.75, 3.05) is 32.8 Å². The molecule has 0 amide bonds. The third-order valence-electron chi connectivity index (χ3n) is 3.77. The molecule has 7 heteroatoms. The van der Waals surface area contributed by atoms with Crippen LogP contribution in [0.15, 0.2) is 60.7 Å². The third kappa shape index (κ3) is 9.97. The van der Waals surface area contributed by atoms with Crippen molar-refractivity contribution in [3.8, 4) is 5.75 Å². The lowest BCUT2D eigenvalue weighted by molar-refractivity contribution is -0.728. The predicted octanol–water partition coefficient (Wildman–Crippen LogP) is -6.71. The molecule has 5 nitrogen and oxygen atoms in total. The number of hydrogen-bond acceptors (Lipinski definition) is 3. The minimum atomic E-state index is -0.486. The second-order valence-electron chi connectivity index (χ2n) is 5.83. The zero-order valence-corrected chi connectivity index (χ0v) is 16.2. The molecule has 2 aromatic rings. The fourth-order valence-corrected chi connectivity index (χ4v) is 2.41. The molecule has 0 aliphatic heterocycles. The second-order valence-corrected chi connectivity index (χ2v) is 5.83. The van der Waals surface area contributed by atoms with Crippen LogP contribution in [0.25, 0.3) is 0 Å². The first kappa shape index (κ1) is 24.7. The maximum absolute atomic E-state index is 10.0. The Morgan fingerprint density at radius 3 is 1.92 bits per heavy atom. The van der Waals surface area contributed by atoms with Crippen LogP contribution in [0.2, 0.25) is 0 Å². The van der Waals surface area contributed by atoms with Crippen LogP contribution < -0.4 is 40.2 Å². The van der Waals surface area contributed by atoms with Crippen molar-refractivity contribution in [1.82, 2.24) is 0 Å². The zero-order chi connectivity index (χ0) is 17.0. The van der Waals surface area contributed by atoms with Gasteiger partial charge in [0, 0.05) is 0 Å². The minimum absolute atomic E-state index is 0. The van der Waals surface area contributed by atoms with Crippen molar-refractivity contribution in [3.05, 3.63) is 66.2 Å². The smallest absolute Gasteiger partial charge is 0.137 e. The van der Waals surface area contributed by atoms with Crippen molar-refractivity contribution in [3.63, 3.8) is 0 Å². The van der Waals surface area contributed by atoms with Gasteiger partial charge >= 0.3 is 0 Å². The summed E-state index contributed by atoms with van der Waals surface area (Å²) in [4.78, 5) is 0. The number of hydrogen-bond donors (Lipinski definition) is 4. The number of ether oxygens (including phenoxy) is 1. The van der Waals surface area contributed by atoms with Crippen LogP contribution in [0.5, 0.6) is 5.75 Å². The monoisotopic (exact) mass is 402 g/mol. The fraction of sp³-hybridized carbons (Fsp3) is 0.368. The zero-order valence-electron chi connectivity index (χ0n) is 14.7. The Bertz CT molecular complexity index is 561. The standard InChI is InChI=1S/C19H26N2O3.2ClH/c22-17(15-24-18-9-5-2-6-10-18)13-20-11-12-21-14-19(23)16-7-3-1-4-8-16;;/h1-10,17,19-23H,11-15H2;2*1H. The third-order valence-corrected chi connectivity index (χ3v) is 3.77. The molecule has 0 heterocycles. The Morgan fingerprint density at radius 1 is 0.769 bits per heavy atom. The Hall–Kier alpha value is -1.34. The Morgan fingerprint density at radius 2 is 1.31 bits per heavy atom. The van der Waals surface area contributed by atoms with Crippen molar-refractivity contribution in [2.24, 2.45) is 0 Å². The van der Waals surface area contributed by atoms with E-state index in [1.165, 1.54) is 0 Å². The quantitative estimate of drug-likeness (QED) is 0.282. The molecule has 0 saturated carbocycles. The molecule has 26 heavy (non-hydrogen) atoms. The van der Waals surface area contributed by atoms with Gasteiger partial charge in [0.2, 0.25) is 0 Å². The molecular formula is C19H28Cl2N2O3. The number of aliphatic hydroxyl groups excluding tert-OH is 2. The lowest BCUT2D eigenvalue weighted by Gasteiger charge is -2.12. The number of rotatable bonds is 11. The van der Waals surface area contributed by atoms with Gasteiger partial charge in [0.1, 0.15) is 50.7 Å². The van der Waals surface area contributed by atoms with E-state index >= 15 is 0 Å². The molecule has 0 spiro atoms. The van der Waals surface area contributed by atoms with Gasteiger partial charge in [-0.2, -0.15) is 0 Å². The molecule has 0 radical (unpaired) electrons. The van der Waals surface area contributed by atoms with Gasteiger partial charge in [-0.15, -0.1) is 0 Å². The highest BCUT2D eigenvalue weighted by atomic mass is 35.5. The average Bonchev–Trinajstić information content (AvgIpc) is 2.64. The average molecular weight is 403 g/mol. The number of para-hydroxylation sites is 1. The van der Waals surface area contributed by atoms with Crippen LogP contribution in [-0.2, 0) is 0 Å². The summed E-state index contributed by atoms with van der Waals surface area (Å²) in [6, 6.07) is 19.2. The molecule has 2 aromatic carbocycles. The lowest BCUT2D eigenvalue weighted by atomic mass is 10.1. The summed E-state index contributed by atoms with van der Waals surface area (Å²) in [5, 5.41) is 24.1. The molecule has 0 aliphatic carbocycles. The van der Waals surface area contributed by atoms with Crippen molar-refractivity contribution >= 4 is 0 Å². The van der Waals surface area contributed by atoms with E-state index in [-0.39, 0.29) is 24.8 Å². The van der Waals surface area contributed by atoms with Crippen LogP contribution >= 0.6 is 0 Å². The largest absolute Gasteiger partial charge is 1.00 e. The molecule has 0 bridgehead atoms. The van der Waals surface area contributed by atoms with Gasteiger partial charge in [0.05, 0.1) is 0 Å². The number of aliphatic hydroxyl groups is 2. The topological polar surface area (TPSA) is 82.9 Å². The Labute approximate surface area is 167 Å². The molecule has 6 N–H and O–H groups in total. The SMILES string of the molecule is OC(C[NH2+]CC[NH2+]CC(O)c1ccccc1)COc1ccccc1.[Cl-].[Cl-]. The highest BCUT2D eigenvalue weighted by molar-refractivity contribution is 5.20. The Kier molecular flexibility index (Phi) is 14.0.